The highest BCUT2D eigenvalue weighted by Gasteiger charge is 2.38. The zero-order valence-corrected chi connectivity index (χ0v) is 21.9. The highest BCUT2D eigenvalue weighted by molar-refractivity contribution is 6.34. The number of hydrogen-bond acceptors (Lipinski definition) is 6. The lowest BCUT2D eigenvalue weighted by atomic mass is 9.98. The first-order valence-corrected chi connectivity index (χ1v) is 13.3. The molecule has 2 fully saturated rings. The monoisotopic (exact) mass is 524 g/mol. The van der Waals surface area contributed by atoms with E-state index in [9.17, 15) is 9.59 Å². The summed E-state index contributed by atoms with van der Waals surface area (Å²) in [5.74, 6) is 0.655. The summed E-state index contributed by atoms with van der Waals surface area (Å²) in [6, 6.07) is 14.9. The standard InChI is InChI=1S/C28H33ClN4O4/c1-36-22-10-8-20(9-11-22)26-18-25(23-4-2-3-5-24(23)29)30-33(26)27(34)19-32(28(35)21-6-7-21)13-12-31-14-16-37-17-15-31/h2-5,8-11,21,26H,6-7,12-19H2,1H3. The molecule has 9 heteroatoms. The normalized spacial score (nSPS) is 20.0. The number of methoxy groups -OCH3 is 1. The molecule has 2 aliphatic heterocycles. The predicted molar refractivity (Wildman–Crippen MR) is 142 cm³/mol. The van der Waals surface area contributed by atoms with E-state index in [-0.39, 0.29) is 30.3 Å². The minimum absolute atomic E-state index is 0.00559. The SMILES string of the molecule is COc1ccc(C2CC(c3ccccc3Cl)=NN2C(=O)CN(CCN2CCOCC2)C(=O)C2CC2)cc1. The van der Waals surface area contributed by atoms with E-state index >= 15 is 0 Å². The van der Waals surface area contributed by atoms with Gasteiger partial charge in [0.1, 0.15) is 12.3 Å². The summed E-state index contributed by atoms with van der Waals surface area (Å²) in [4.78, 5) is 30.9. The topological polar surface area (TPSA) is 74.7 Å². The maximum atomic E-state index is 13.8. The minimum atomic E-state index is -0.290. The van der Waals surface area contributed by atoms with E-state index < -0.39 is 0 Å². The van der Waals surface area contributed by atoms with Gasteiger partial charge in [0.25, 0.3) is 5.91 Å². The average molecular weight is 525 g/mol. The summed E-state index contributed by atoms with van der Waals surface area (Å²) in [5, 5.41) is 6.90. The molecule has 2 heterocycles. The molecule has 0 spiro atoms. The molecule has 3 aliphatic rings. The Morgan fingerprint density at radius 3 is 2.51 bits per heavy atom. The van der Waals surface area contributed by atoms with Crippen LogP contribution in [0.1, 0.15) is 36.4 Å². The first-order chi connectivity index (χ1) is 18.0. The van der Waals surface area contributed by atoms with Crippen LogP contribution in [0.4, 0.5) is 0 Å². The first-order valence-electron chi connectivity index (χ1n) is 12.9. The van der Waals surface area contributed by atoms with Crippen molar-refractivity contribution >= 4 is 29.1 Å². The Morgan fingerprint density at radius 1 is 1.11 bits per heavy atom. The molecule has 1 saturated heterocycles. The molecule has 0 bridgehead atoms. The molecule has 0 aromatic heterocycles. The molecule has 5 rings (SSSR count). The second-order valence-corrected chi connectivity index (χ2v) is 10.2. The van der Waals surface area contributed by atoms with Crippen molar-refractivity contribution < 1.29 is 19.1 Å². The van der Waals surface area contributed by atoms with Gasteiger partial charge >= 0.3 is 0 Å². The number of rotatable bonds is 9. The molecule has 0 N–H and O–H groups in total. The van der Waals surface area contributed by atoms with Crippen LogP contribution in [0.2, 0.25) is 5.02 Å². The van der Waals surface area contributed by atoms with E-state index in [1.165, 1.54) is 0 Å². The summed E-state index contributed by atoms with van der Waals surface area (Å²) in [7, 11) is 1.63. The highest BCUT2D eigenvalue weighted by atomic mass is 35.5. The molecule has 1 saturated carbocycles. The van der Waals surface area contributed by atoms with Gasteiger partial charge in [-0.05, 0) is 36.6 Å². The number of morpholine rings is 1. The van der Waals surface area contributed by atoms with Crippen LogP contribution >= 0.6 is 11.6 Å². The molecule has 1 unspecified atom stereocenters. The molecule has 37 heavy (non-hydrogen) atoms. The molecule has 8 nitrogen and oxygen atoms in total. The third-order valence-electron chi connectivity index (χ3n) is 7.21. The largest absolute Gasteiger partial charge is 0.497 e. The van der Waals surface area contributed by atoms with Crippen molar-refractivity contribution in [2.75, 3.05) is 53.0 Å². The Hall–Kier alpha value is -2.94. The maximum absolute atomic E-state index is 13.8. The van der Waals surface area contributed by atoms with E-state index in [0.717, 1.165) is 55.1 Å². The summed E-state index contributed by atoms with van der Waals surface area (Å²) < 4.78 is 10.8. The fourth-order valence-corrected chi connectivity index (χ4v) is 5.11. The molecule has 196 valence electrons. The number of benzene rings is 2. The van der Waals surface area contributed by atoms with Crippen LogP contribution in [0.15, 0.2) is 53.6 Å². The van der Waals surface area contributed by atoms with Crippen LogP contribution < -0.4 is 4.74 Å². The number of nitrogens with zero attached hydrogens (tertiary/aromatic N) is 4. The number of amides is 2. The molecule has 0 radical (unpaired) electrons. The Balaban J connectivity index is 1.37. The summed E-state index contributed by atoms with van der Waals surface area (Å²) >= 11 is 6.48. The van der Waals surface area contributed by atoms with Gasteiger partial charge in [0.2, 0.25) is 5.91 Å². The number of carbonyl (C=O) groups is 2. The van der Waals surface area contributed by atoms with E-state index in [0.29, 0.717) is 31.2 Å². The summed E-state index contributed by atoms with van der Waals surface area (Å²) in [6.45, 7) is 4.34. The van der Waals surface area contributed by atoms with Crippen molar-refractivity contribution in [3.8, 4) is 5.75 Å². The highest BCUT2D eigenvalue weighted by Crippen LogP contribution is 2.36. The van der Waals surface area contributed by atoms with Gasteiger partial charge in [-0.25, -0.2) is 5.01 Å². The van der Waals surface area contributed by atoms with Gasteiger partial charge in [-0.1, -0.05) is 41.9 Å². The second kappa shape index (κ2) is 11.6. The number of hydrazone groups is 1. The fourth-order valence-electron chi connectivity index (χ4n) is 4.86. The molecule has 2 aromatic rings. The molecule has 2 aromatic carbocycles. The lowest BCUT2D eigenvalue weighted by Crippen LogP contribution is -2.47. The summed E-state index contributed by atoms with van der Waals surface area (Å²) in [6.07, 6.45) is 2.33. The van der Waals surface area contributed by atoms with Gasteiger partial charge in [-0.15, -0.1) is 0 Å². The molecular weight excluding hydrogens is 492 g/mol. The first kappa shape index (κ1) is 25.7. The van der Waals surface area contributed by atoms with Crippen molar-refractivity contribution in [3.05, 3.63) is 64.7 Å². The van der Waals surface area contributed by atoms with E-state index in [1.54, 1.807) is 17.0 Å². The Morgan fingerprint density at radius 2 is 1.84 bits per heavy atom. The molecule has 1 atom stereocenters. The van der Waals surface area contributed by atoms with Gasteiger partial charge in [0.15, 0.2) is 0 Å². The third-order valence-corrected chi connectivity index (χ3v) is 7.54. The average Bonchev–Trinajstić information content (AvgIpc) is 3.69. The smallest absolute Gasteiger partial charge is 0.262 e. The zero-order valence-electron chi connectivity index (χ0n) is 21.1. The van der Waals surface area contributed by atoms with Crippen molar-refractivity contribution in [1.82, 2.24) is 14.8 Å². The number of hydrogen-bond donors (Lipinski definition) is 0. The van der Waals surface area contributed by atoms with Gasteiger partial charge in [0, 0.05) is 49.1 Å². The van der Waals surface area contributed by atoms with E-state index in [1.807, 2.05) is 48.5 Å². The Labute approximate surface area is 222 Å². The molecule has 2 amide bonds. The van der Waals surface area contributed by atoms with E-state index in [2.05, 4.69) is 4.90 Å². The van der Waals surface area contributed by atoms with Crippen molar-refractivity contribution in [3.63, 3.8) is 0 Å². The van der Waals surface area contributed by atoms with Crippen molar-refractivity contribution in [2.45, 2.75) is 25.3 Å². The van der Waals surface area contributed by atoms with Crippen molar-refractivity contribution in [2.24, 2.45) is 11.0 Å². The van der Waals surface area contributed by atoms with Gasteiger partial charge in [0.05, 0.1) is 32.1 Å². The minimum Gasteiger partial charge on any atom is -0.497 e. The lowest BCUT2D eigenvalue weighted by Gasteiger charge is -2.31. The maximum Gasteiger partial charge on any atom is 0.262 e. The van der Waals surface area contributed by atoms with Gasteiger partial charge < -0.3 is 14.4 Å². The third kappa shape index (κ3) is 6.14. The second-order valence-electron chi connectivity index (χ2n) is 9.75. The van der Waals surface area contributed by atoms with Crippen LogP contribution in [0.3, 0.4) is 0 Å². The van der Waals surface area contributed by atoms with Crippen LogP contribution in [0.5, 0.6) is 5.75 Å². The number of halogens is 1. The number of ether oxygens (including phenoxy) is 2. The van der Waals surface area contributed by atoms with Crippen LogP contribution in [0.25, 0.3) is 0 Å². The zero-order chi connectivity index (χ0) is 25.8. The van der Waals surface area contributed by atoms with Crippen LogP contribution in [0, 0.1) is 5.92 Å². The number of carbonyl (C=O) groups excluding carboxylic acids is 2. The lowest BCUT2D eigenvalue weighted by molar-refractivity contribution is -0.142. The molecule has 1 aliphatic carbocycles. The van der Waals surface area contributed by atoms with Crippen LogP contribution in [-0.2, 0) is 14.3 Å². The van der Waals surface area contributed by atoms with Gasteiger partial charge in [-0.2, -0.15) is 5.10 Å². The fraction of sp³-hybridized carbons (Fsp3) is 0.464. The van der Waals surface area contributed by atoms with Gasteiger partial charge in [-0.3, -0.25) is 14.5 Å². The summed E-state index contributed by atoms with van der Waals surface area (Å²) in [5.41, 5.74) is 2.53. The quantitative estimate of drug-likeness (QED) is 0.501. The van der Waals surface area contributed by atoms with E-state index in [4.69, 9.17) is 26.2 Å². The Kier molecular flexibility index (Phi) is 8.08. The Bertz CT molecular complexity index is 1150. The van der Waals surface area contributed by atoms with Crippen LogP contribution in [-0.4, -0.2) is 85.4 Å². The van der Waals surface area contributed by atoms with Crippen molar-refractivity contribution in [1.29, 1.82) is 0 Å². The predicted octanol–water partition coefficient (Wildman–Crippen LogP) is 3.60. The molecular formula is C28H33ClN4O4.